The summed E-state index contributed by atoms with van der Waals surface area (Å²) in [6.07, 6.45) is 4.80. The molecular formula is C23H28FN3OS. The van der Waals surface area contributed by atoms with E-state index in [0.717, 1.165) is 24.0 Å². The summed E-state index contributed by atoms with van der Waals surface area (Å²) >= 11 is -1.54. The molecule has 1 aliphatic rings. The molecular weight excluding hydrogens is 385 g/mol. The lowest BCUT2D eigenvalue weighted by atomic mass is 9.66. The fourth-order valence-electron chi connectivity index (χ4n) is 4.11. The first-order valence-electron chi connectivity index (χ1n) is 9.90. The molecule has 0 heterocycles. The largest absolute Gasteiger partial charge is 0.598 e. The van der Waals surface area contributed by atoms with Crippen molar-refractivity contribution >= 4 is 17.0 Å². The number of nitrogen functional groups attached to an aromatic ring is 1. The number of halogens is 1. The van der Waals surface area contributed by atoms with Crippen LogP contribution in [-0.4, -0.2) is 9.30 Å². The van der Waals surface area contributed by atoms with Gasteiger partial charge in [0.05, 0.1) is 17.3 Å². The smallest absolute Gasteiger partial charge is 0.146 e. The van der Waals surface area contributed by atoms with Gasteiger partial charge in [0.15, 0.2) is 0 Å². The van der Waals surface area contributed by atoms with Crippen LogP contribution in [-0.2, 0) is 16.8 Å². The molecule has 4 N–H and O–H groups in total. The average Bonchev–Trinajstić information content (AvgIpc) is 3.52. The third kappa shape index (κ3) is 4.75. The van der Waals surface area contributed by atoms with Gasteiger partial charge >= 0.3 is 0 Å². The Hall–Kier alpha value is -2.07. The van der Waals surface area contributed by atoms with Crippen LogP contribution >= 0.6 is 0 Å². The van der Waals surface area contributed by atoms with Crippen molar-refractivity contribution in [2.75, 3.05) is 5.73 Å². The molecule has 154 valence electrons. The standard InChI is InChI=1S/C23H28FN3OS/c1-22(2,29(27)28)15-23(12-11-16-3-4-16,18-7-5-17(14-25)6-8-18)19-9-10-20(24)21(26)13-19/h5-10,13,16H,3-4,11-12,15,26-27H2,1-2H3. The average molecular weight is 414 g/mol. The summed E-state index contributed by atoms with van der Waals surface area (Å²) in [6, 6.07) is 14.5. The maximum Gasteiger partial charge on any atom is 0.146 e. The van der Waals surface area contributed by atoms with Gasteiger partial charge in [-0.25, -0.2) is 4.39 Å². The summed E-state index contributed by atoms with van der Waals surface area (Å²) in [6.45, 7) is 3.79. The molecule has 0 aliphatic heterocycles. The number of nitrogens with two attached hydrogens (primary N) is 2. The summed E-state index contributed by atoms with van der Waals surface area (Å²) in [5.74, 6) is 0.239. The van der Waals surface area contributed by atoms with Gasteiger partial charge in [0.2, 0.25) is 0 Å². The van der Waals surface area contributed by atoms with Crippen molar-refractivity contribution in [3.8, 4) is 6.07 Å². The third-order valence-electron chi connectivity index (χ3n) is 6.06. The van der Waals surface area contributed by atoms with E-state index in [1.54, 1.807) is 24.3 Å². The Morgan fingerprint density at radius 1 is 1.17 bits per heavy atom. The minimum Gasteiger partial charge on any atom is -0.598 e. The Morgan fingerprint density at radius 3 is 2.31 bits per heavy atom. The van der Waals surface area contributed by atoms with Crippen LogP contribution in [0.1, 0.15) is 62.6 Å². The Labute approximate surface area is 175 Å². The maximum absolute atomic E-state index is 13.9. The highest BCUT2D eigenvalue weighted by atomic mass is 32.2. The maximum atomic E-state index is 13.9. The van der Waals surface area contributed by atoms with Crippen LogP contribution in [0.15, 0.2) is 42.5 Å². The lowest BCUT2D eigenvalue weighted by Gasteiger charge is -2.41. The fourth-order valence-corrected chi connectivity index (χ4v) is 4.50. The first kappa shape index (κ1) is 21.6. The first-order chi connectivity index (χ1) is 13.7. The quantitative estimate of drug-likeness (QED) is 0.490. The van der Waals surface area contributed by atoms with Gasteiger partial charge in [-0.05, 0) is 68.0 Å². The van der Waals surface area contributed by atoms with Crippen LogP contribution in [0.5, 0.6) is 0 Å². The normalized spacial score (nSPS) is 17.4. The Balaban J connectivity index is 2.17. The molecule has 0 spiro atoms. The second-order valence-electron chi connectivity index (χ2n) is 8.72. The summed E-state index contributed by atoms with van der Waals surface area (Å²) in [5, 5.41) is 15.0. The van der Waals surface area contributed by atoms with Crippen molar-refractivity contribution in [1.82, 2.24) is 0 Å². The predicted molar refractivity (Wildman–Crippen MR) is 116 cm³/mol. The molecule has 0 aromatic heterocycles. The second kappa shape index (κ2) is 8.35. The van der Waals surface area contributed by atoms with E-state index < -0.39 is 27.3 Å². The minimum atomic E-state index is -1.54. The molecule has 29 heavy (non-hydrogen) atoms. The van der Waals surface area contributed by atoms with Crippen molar-refractivity contribution in [3.63, 3.8) is 0 Å². The zero-order valence-corrected chi connectivity index (χ0v) is 17.8. The predicted octanol–water partition coefficient (Wildman–Crippen LogP) is 4.55. The number of hydrogen-bond donors (Lipinski definition) is 2. The van der Waals surface area contributed by atoms with Gasteiger partial charge in [0.25, 0.3) is 0 Å². The second-order valence-corrected chi connectivity index (χ2v) is 10.4. The molecule has 6 heteroatoms. The summed E-state index contributed by atoms with van der Waals surface area (Å²) < 4.78 is 25.6. The van der Waals surface area contributed by atoms with E-state index in [2.05, 4.69) is 6.07 Å². The number of benzene rings is 2. The van der Waals surface area contributed by atoms with Crippen LogP contribution in [0.25, 0.3) is 0 Å². The summed E-state index contributed by atoms with van der Waals surface area (Å²) in [5.41, 5.74) is 7.96. The monoisotopic (exact) mass is 413 g/mol. The van der Waals surface area contributed by atoms with Crippen LogP contribution < -0.4 is 10.9 Å². The van der Waals surface area contributed by atoms with Crippen molar-refractivity contribution in [2.45, 2.75) is 56.1 Å². The molecule has 4 nitrogen and oxygen atoms in total. The number of hydrogen-bond acceptors (Lipinski definition) is 4. The SMILES string of the molecule is CC(C)(CC(CCC1CC1)(c1ccc(C#N)cc1)c1ccc(F)c(N)c1)[S+](N)[O-]. The number of nitrogens with zero attached hydrogens (tertiary/aromatic N) is 1. The molecule has 3 rings (SSSR count). The van der Waals surface area contributed by atoms with Crippen LogP contribution in [0.2, 0.25) is 0 Å². The molecule has 0 radical (unpaired) electrons. The summed E-state index contributed by atoms with van der Waals surface area (Å²) in [4.78, 5) is 0. The van der Waals surface area contributed by atoms with Gasteiger partial charge in [-0.2, -0.15) is 10.4 Å². The van der Waals surface area contributed by atoms with Gasteiger partial charge in [-0.3, -0.25) is 0 Å². The molecule has 1 saturated carbocycles. The van der Waals surface area contributed by atoms with Crippen molar-refractivity contribution in [2.24, 2.45) is 11.1 Å². The van der Waals surface area contributed by atoms with Crippen LogP contribution in [0.4, 0.5) is 10.1 Å². The highest BCUT2D eigenvalue weighted by Gasteiger charge is 2.45. The lowest BCUT2D eigenvalue weighted by Crippen LogP contribution is -2.45. The fraction of sp³-hybridized carbons (Fsp3) is 0.435. The first-order valence-corrected chi connectivity index (χ1v) is 11.1. The topological polar surface area (TPSA) is 98.9 Å². The highest BCUT2D eigenvalue weighted by Crippen LogP contribution is 2.48. The molecule has 0 amide bonds. The molecule has 2 atom stereocenters. The number of nitriles is 1. The van der Waals surface area contributed by atoms with E-state index in [1.165, 1.54) is 18.9 Å². The van der Waals surface area contributed by atoms with E-state index in [9.17, 15) is 14.2 Å². The van der Waals surface area contributed by atoms with E-state index in [0.29, 0.717) is 17.9 Å². The molecule has 2 unspecified atom stereocenters. The van der Waals surface area contributed by atoms with E-state index in [1.807, 2.05) is 26.0 Å². The lowest BCUT2D eigenvalue weighted by molar-refractivity contribution is 0.364. The Kier molecular flexibility index (Phi) is 6.23. The van der Waals surface area contributed by atoms with E-state index in [4.69, 9.17) is 10.9 Å². The molecule has 1 aliphatic carbocycles. The van der Waals surface area contributed by atoms with Gasteiger partial charge in [-0.1, -0.05) is 31.0 Å². The summed E-state index contributed by atoms with van der Waals surface area (Å²) in [7, 11) is 0. The minimum absolute atomic E-state index is 0.0959. The van der Waals surface area contributed by atoms with E-state index in [-0.39, 0.29) is 5.69 Å². The number of rotatable bonds is 8. The molecule has 2 aromatic rings. The number of anilines is 1. The highest BCUT2D eigenvalue weighted by molar-refractivity contribution is 7.90. The molecule has 0 saturated heterocycles. The van der Waals surface area contributed by atoms with Crippen molar-refractivity contribution < 1.29 is 8.94 Å². The Morgan fingerprint density at radius 2 is 1.79 bits per heavy atom. The van der Waals surface area contributed by atoms with E-state index >= 15 is 0 Å². The van der Waals surface area contributed by atoms with Crippen molar-refractivity contribution in [3.05, 3.63) is 65.0 Å². The zero-order chi connectivity index (χ0) is 21.2. The van der Waals surface area contributed by atoms with Gasteiger partial charge < -0.3 is 10.3 Å². The van der Waals surface area contributed by atoms with Crippen LogP contribution in [0, 0.1) is 23.1 Å². The third-order valence-corrected chi connectivity index (χ3v) is 7.30. The Bertz CT molecular complexity index is 903. The molecule has 1 fully saturated rings. The molecule has 2 aromatic carbocycles. The zero-order valence-electron chi connectivity index (χ0n) is 17.0. The van der Waals surface area contributed by atoms with Gasteiger partial charge in [0, 0.05) is 23.2 Å². The van der Waals surface area contributed by atoms with Crippen LogP contribution in [0.3, 0.4) is 0 Å². The molecule has 0 bridgehead atoms. The van der Waals surface area contributed by atoms with Gasteiger partial charge in [0.1, 0.15) is 10.6 Å². The van der Waals surface area contributed by atoms with Gasteiger partial charge in [-0.15, -0.1) is 0 Å². The van der Waals surface area contributed by atoms with Crippen molar-refractivity contribution in [1.29, 1.82) is 5.26 Å².